The number of carbonyl (C=O) groups is 1. The van der Waals surface area contributed by atoms with Gasteiger partial charge in [0.05, 0.1) is 12.0 Å². The van der Waals surface area contributed by atoms with Crippen LogP contribution in [0.3, 0.4) is 0 Å². The van der Waals surface area contributed by atoms with Gasteiger partial charge in [-0.2, -0.15) is 5.26 Å². The molecule has 0 saturated heterocycles. The van der Waals surface area contributed by atoms with Gasteiger partial charge in [0.15, 0.2) is 0 Å². The van der Waals surface area contributed by atoms with Crippen molar-refractivity contribution in [3.05, 3.63) is 57.6 Å². The molecule has 9 heteroatoms. The maximum atomic E-state index is 12.0. The lowest BCUT2D eigenvalue weighted by atomic mass is 9.60. The lowest BCUT2D eigenvalue weighted by molar-refractivity contribution is 0.0467. The van der Waals surface area contributed by atoms with Crippen molar-refractivity contribution in [2.45, 2.75) is 91.9 Å². The summed E-state index contributed by atoms with van der Waals surface area (Å²) in [5.41, 5.74) is 13.4. The molecular weight excluding hydrogens is 506 g/mol. The highest BCUT2D eigenvalue weighted by Gasteiger charge is 2.51. The van der Waals surface area contributed by atoms with E-state index in [0.29, 0.717) is 40.8 Å². The van der Waals surface area contributed by atoms with Gasteiger partial charge in [0.25, 0.3) is 0 Å². The van der Waals surface area contributed by atoms with E-state index in [0.717, 1.165) is 0 Å². The van der Waals surface area contributed by atoms with Gasteiger partial charge in [-0.25, -0.2) is 4.79 Å². The average Bonchev–Trinajstić information content (AvgIpc) is 2.84. The lowest BCUT2D eigenvalue weighted by Gasteiger charge is -2.43. The van der Waals surface area contributed by atoms with Crippen molar-refractivity contribution in [2.75, 3.05) is 0 Å². The van der Waals surface area contributed by atoms with E-state index >= 15 is 0 Å². The van der Waals surface area contributed by atoms with E-state index in [1.165, 1.54) is 0 Å². The van der Waals surface area contributed by atoms with Gasteiger partial charge < -0.3 is 31.4 Å². The van der Waals surface area contributed by atoms with Crippen LogP contribution >= 0.6 is 0 Å². The fraction of sp³-hybridized carbons (Fsp3) is 0.516. The van der Waals surface area contributed by atoms with Gasteiger partial charge >= 0.3 is 6.09 Å². The summed E-state index contributed by atoms with van der Waals surface area (Å²) in [6.07, 6.45) is 0.982. The maximum absolute atomic E-state index is 12.0. The first-order chi connectivity index (χ1) is 18.7. The lowest BCUT2D eigenvalue weighted by Crippen LogP contribution is -2.46. The molecule has 0 bridgehead atoms. The number of nitrogens with zero attached hydrogens (tertiary/aromatic N) is 1. The zero-order valence-corrected chi connectivity index (χ0v) is 24.9. The molecule has 216 valence electrons. The van der Waals surface area contributed by atoms with Crippen LogP contribution in [0.1, 0.15) is 84.9 Å². The van der Waals surface area contributed by atoms with E-state index in [1.807, 2.05) is 54.5 Å². The molecule has 0 spiro atoms. The quantitative estimate of drug-likeness (QED) is 0.340. The SMILES string of the molecule is C/C(N)=C1/C(=N)OC(N)=C(C#N)C1(c1cc(C#CC2CC(NC(=O)OC(C)(C)C)C2)cc(CO)c1)C(C)C.CC. The second kappa shape index (κ2) is 12.9. The fourth-order valence-electron chi connectivity index (χ4n) is 5.14. The molecule has 1 heterocycles. The number of benzene rings is 1. The van der Waals surface area contributed by atoms with Gasteiger partial charge in [0.1, 0.15) is 17.2 Å². The third-order valence-corrected chi connectivity index (χ3v) is 6.76. The minimum atomic E-state index is -1.16. The second-order valence-electron chi connectivity index (χ2n) is 11.2. The van der Waals surface area contributed by atoms with E-state index in [2.05, 4.69) is 23.2 Å². The van der Waals surface area contributed by atoms with Crippen LogP contribution < -0.4 is 16.8 Å². The summed E-state index contributed by atoms with van der Waals surface area (Å²) in [5.74, 6) is 5.96. The summed E-state index contributed by atoms with van der Waals surface area (Å²) in [7, 11) is 0. The first-order valence-corrected chi connectivity index (χ1v) is 13.6. The summed E-state index contributed by atoms with van der Waals surface area (Å²) < 4.78 is 10.7. The van der Waals surface area contributed by atoms with Crippen LogP contribution in [0.2, 0.25) is 0 Å². The molecule has 0 aromatic heterocycles. The summed E-state index contributed by atoms with van der Waals surface area (Å²) in [5, 5.41) is 31.5. The Balaban J connectivity index is 0.00000274. The Kier molecular flexibility index (Phi) is 10.4. The highest BCUT2D eigenvalue weighted by atomic mass is 16.6. The standard InChI is InChI=1S/C29H37N5O4.C2H6/c1-16(2)29(23(14-30)25(32)37-26(33)24(29)17(3)31)21-10-18(9-20(11-21)15-35)7-8-19-12-22(13-19)34-27(36)38-28(4,5)6;1-2/h9-11,16,19,22,33,35H,12-13,15,31-32H2,1-6H3,(H,34,36);1-2H3/b24-17+,33-26?;. The number of carbonyl (C=O) groups excluding carboxylic acids is 1. The number of allylic oxidation sites excluding steroid dienone is 2. The molecule has 1 aliphatic heterocycles. The number of nitriles is 1. The van der Waals surface area contributed by atoms with E-state index in [-0.39, 0.29) is 41.8 Å². The maximum Gasteiger partial charge on any atom is 0.407 e. The molecule has 1 aliphatic carbocycles. The van der Waals surface area contributed by atoms with Crippen molar-refractivity contribution in [2.24, 2.45) is 23.3 Å². The van der Waals surface area contributed by atoms with Crippen LogP contribution in [0.5, 0.6) is 0 Å². The molecule has 2 aliphatic rings. The van der Waals surface area contributed by atoms with Gasteiger partial charge in [0, 0.05) is 28.8 Å². The highest BCUT2D eigenvalue weighted by Crippen LogP contribution is 2.50. The Morgan fingerprint density at radius 3 is 2.42 bits per heavy atom. The Morgan fingerprint density at radius 1 is 1.30 bits per heavy atom. The molecule has 1 aromatic carbocycles. The minimum Gasteiger partial charge on any atom is -0.444 e. The number of aliphatic hydroxyl groups excluding tert-OH is 1. The van der Waals surface area contributed by atoms with Crippen LogP contribution in [0, 0.1) is 40.4 Å². The predicted molar refractivity (Wildman–Crippen MR) is 156 cm³/mol. The summed E-state index contributed by atoms with van der Waals surface area (Å²) in [6.45, 7) is 14.7. The van der Waals surface area contributed by atoms with Crippen LogP contribution in [-0.4, -0.2) is 28.7 Å². The van der Waals surface area contributed by atoms with Crippen molar-refractivity contribution in [3.63, 3.8) is 0 Å². The Labute approximate surface area is 238 Å². The van der Waals surface area contributed by atoms with Gasteiger partial charge in [-0.1, -0.05) is 45.6 Å². The molecule has 1 fully saturated rings. The molecule has 40 heavy (non-hydrogen) atoms. The number of hydrogen-bond donors (Lipinski definition) is 5. The van der Waals surface area contributed by atoms with E-state index < -0.39 is 17.1 Å². The zero-order chi connectivity index (χ0) is 30.4. The summed E-state index contributed by atoms with van der Waals surface area (Å²) in [4.78, 5) is 12.0. The first kappa shape index (κ1) is 32.3. The predicted octanol–water partition coefficient (Wildman–Crippen LogP) is 4.69. The molecule has 1 amide bonds. The van der Waals surface area contributed by atoms with Gasteiger partial charge in [-0.05, 0) is 69.7 Å². The Bertz CT molecular complexity index is 1290. The van der Waals surface area contributed by atoms with Crippen LogP contribution in [-0.2, 0) is 21.5 Å². The normalized spacial score (nSPS) is 23.4. The van der Waals surface area contributed by atoms with Crippen molar-refractivity contribution in [3.8, 4) is 17.9 Å². The van der Waals surface area contributed by atoms with E-state index in [9.17, 15) is 15.2 Å². The summed E-state index contributed by atoms with van der Waals surface area (Å²) >= 11 is 0. The molecular formula is C31H43N5O4. The summed E-state index contributed by atoms with van der Waals surface area (Å²) in [6, 6.07) is 7.64. The molecule has 0 radical (unpaired) electrons. The zero-order valence-electron chi connectivity index (χ0n) is 24.9. The van der Waals surface area contributed by atoms with Crippen molar-refractivity contribution < 1.29 is 19.4 Å². The highest BCUT2D eigenvalue weighted by molar-refractivity contribution is 5.98. The molecule has 1 atom stereocenters. The number of ether oxygens (including phenoxy) is 2. The molecule has 1 saturated carbocycles. The number of nitrogens with two attached hydrogens (primary N) is 2. The number of aliphatic hydroxyl groups is 1. The van der Waals surface area contributed by atoms with Crippen LogP contribution in [0.4, 0.5) is 4.79 Å². The topological polar surface area (TPSA) is 167 Å². The average molecular weight is 550 g/mol. The second-order valence-corrected chi connectivity index (χ2v) is 11.2. The van der Waals surface area contributed by atoms with Gasteiger partial charge in [-0.15, -0.1) is 0 Å². The number of alkyl carbamates (subject to hydrolysis) is 1. The fourth-order valence-corrected chi connectivity index (χ4v) is 5.14. The van der Waals surface area contributed by atoms with Gasteiger partial charge in [0.2, 0.25) is 11.8 Å². The van der Waals surface area contributed by atoms with E-state index in [4.69, 9.17) is 26.4 Å². The molecule has 9 nitrogen and oxygen atoms in total. The molecule has 7 N–H and O–H groups in total. The minimum absolute atomic E-state index is 0.00692. The Morgan fingerprint density at radius 2 is 1.93 bits per heavy atom. The third kappa shape index (κ3) is 6.78. The number of hydrogen-bond acceptors (Lipinski definition) is 8. The monoisotopic (exact) mass is 549 g/mol. The van der Waals surface area contributed by atoms with Gasteiger partial charge in [-0.3, -0.25) is 5.41 Å². The first-order valence-electron chi connectivity index (χ1n) is 13.6. The Hall–Kier alpha value is -3.95. The molecule has 3 rings (SSSR count). The third-order valence-electron chi connectivity index (χ3n) is 6.76. The van der Waals surface area contributed by atoms with E-state index in [1.54, 1.807) is 19.1 Å². The largest absolute Gasteiger partial charge is 0.444 e. The molecule has 1 aromatic rings. The van der Waals surface area contributed by atoms with Crippen molar-refractivity contribution >= 4 is 12.0 Å². The van der Waals surface area contributed by atoms with Crippen LogP contribution in [0.15, 0.2) is 40.9 Å². The number of rotatable bonds is 4. The molecule has 1 unspecified atom stereocenters. The number of amides is 1. The smallest absolute Gasteiger partial charge is 0.407 e. The van der Waals surface area contributed by atoms with Crippen molar-refractivity contribution in [1.29, 1.82) is 10.7 Å². The van der Waals surface area contributed by atoms with Crippen molar-refractivity contribution in [1.82, 2.24) is 5.32 Å². The number of nitrogens with one attached hydrogen (secondary N) is 2. The van der Waals surface area contributed by atoms with Crippen LogP contribution in [0.25, 0.3) is 0 Å².